The quantitative estimate of drug-likeness (QED) is 0.806. The van der Waals surface area contributed by atoms with Crippen LogP contribution < -0.4 is 20.1 Å². The Morgan fingerprint density at radius 1 is 1.48 bits per heavy atom. The molecule has 1 saturated heterocycles. The number of benzene rings is 1. The second kappa shape index (κ2) is 7.59. The minimum Gasteiger partial charge on any atom is -0.497 e. The molecule has 7 heteroatoms. The van der Waals surface area contributed by atoms with Crippen LogP contribution in [-0.2, 0) is 11.3 Å². The molecule has 0 spiro atoms. The summed E-state index contributed by atoms with van der Waals surface area (Å²) in [5.74, 6) is 0.360. The molecule has 0 unspecified atom stereocenters. The fraction of sp³-hybridized carbons (Fsp3) is 0.562. The number of carbonyl (C=O) groups excluding carboxylic acids is 1. The highest BCUT2D eigenvalue weighted by molar-refractivity contribution is 5.83. The molecule has 1 atom stereocenters. The average molecular weight is 328 g/mol. The van der Waals surface area contributed by atoms with Gasteiger partial charge in [0.15, 0.2) is 0 Å². The van der Waals surface area contributed by atoms with Crippen LogP contribution in [0.5, 0.6) is 11.5 Å². The summed E-state index contributed by atoms with van der Waals surface area (Å²) < 4.78 is 34.6. The third kappa shape index (κ3) is 4.10. The first-order valence-electron chi connectivity index (χ1n) is 7.61. The van der Waals surface area contributed by atoms with Gasteiger partial charge in [-0.1, -0.05) is 6.92 Å². The van der Waals surface area contributed by atoms with Crippen LogP contribution in [0.4, 0.5) is 8.78 Å². The minimum atomic E-state index is -2.93. The molecule has 0 aliphatic carbocycles. The number of rotatable bonds is 7. The van der Waals surface area contributed by atoms with E-state index < -0.39 is 12.0 Å². The molecule has 1 aliphatic rings. The first-order valence-corrected chi connectivity index (χ1v) is 7.61. The summed E-state index contributed by atoms with van der Waals surface area (Å²) in [6.07, 6.45) is 1.51. The zero-order chi connectivity index (χ0) is 16.9. The SMILES string of the molecule is CC[C@]1(C(=O)NCc2ccc(OC)cc2OC(F)F)CCNC1. The van der Waals surface area contributed by atoms with Gasteiger partial charge in [0.05, 0.1) is 12.5 Å². The lowest BCUT2D eigenvalue weighted by Gasteiger charge is -2.25. The molecular formula is C16H22F2N2O3. The highest BCUT2D eigenvalue weighted by atomic mass is 19.3. The summed E-state index contributed by atoms with van der Waals surface area (Å²) in [5.41, 5.74) is 0.0626. The Hall–Kier alpha value is -1.89. The zero-order valence-corrected chi connectivity index (χ0v) is 13.3. The van der Waals surface area contributed by atoms with Gasteiger partial charge in [-0.3, -0.25) is 4.79 Å². The lowest BCUT2D eigenvalue weighted by molar-refractivity contribution is -0.130. The molecule has 1 aliphatic heterocycles. The number of hydrogen-bond donors (Lipinski definition) is 2. The van der Waals surface area contributed by atoms with Gasteiger partial charge in [0.25, 0.3) is 0 Å². The Bertz CT molecular complexity index is 546. The highest BCUT2D eigenvalue weighted by Gasteiger charge is 2.39. The topological polar surface area (TPSA) is 59.6 Å². The maximum absolute atomic E-state index is 12.5. The van der Waals surface area contributed by atoms with Gasteiger partial charge in [-0.15, -0.1) is 0 Å². The highest BCUT2D eigenvalue weighted by Crippen LogP contribution is 2.30. The van der Waals surface area contributed by atoms with Gasteiger partial charge in [-0.25, -0.2) is 0 Å². The molecule has 2 N–H and O–H groups in total. The maximum atomic E-state index is 12.5. The Morgan fingerprint density at radius 2 is 2.26 bits per heavy atom. The number of nitrogens with one attached hydrogen (secondary N) is 2. The predicted molar refractivity (Wildman–Crippen MR) is 81.7 cm³/mol. The third-order valence-corrected chi connectivity index (χ3v) is 4.33. The van der Waals surface area contributed by atoms with E-state index in [-0.39, 0.29) is 18.2 Å². The number of halogens is 2. The average Bonchev–Trinajstić information content (AvgIpc) is 3.03. The summed E-state index contributed by atoms with van der Waals surface area (Å²) in [6.45, 7) is 0.623. The van der Waals surface area contributed by atoms with Crippen molar-refractivity contribution < 1.29 is 23.0 Å². The molecular weight excluding hydrogens is 306 g/mol. The molecule has 0 radical (unpaired) electrons. The van der Waals surface area contributed by atoms with E-state index in [2.05, 4.69) is 15.4 Å². The molecule has 0 aromatic heterocycles. The third-order valence-electron chi connectivity index (χ3n) is 4.33. The molecule has 1 amide bonds. The molecule has 1 fully saturated rings. The van der Waals surface area contributed by atoms with Crippen molar-refractivity contribution in [3.8, 4) is 11.5 Å². The van der Waals surface area contributed by atoms with Crippen molar-refractivity contribution >= 4 is 5.91 Å². The number of hydrogen-bond acceptors (Lipinski definition) is 4. The largest absolute Gasteiger partial charge is 0.497 e. The molecule has 0 bridgehead atoms. The summed E-state index contributed by atoms with van der Waals surface area (Å²) in [7, 11) is 1.45. The monoisotopic (exact) mass is 328 g/mol. The van der Waals surface area contributed by atoms with Gasteiger partial charge >= 0.3 is 6.61 Å². The summed E-state index contributed by atoms with van der Waals surface area (Å²) in [6, 6.07) is 4.65. The predicted octanol–water partition coefficient (Wildman–Crippen LogP) is 2.30. The van der Waals surface area contributed by atoms with E-state index in [1.165, 1.54) is 13.2 Å². The van der Waals surface area contributed by atoms with Gasteiger partial charge < -0.3 is 20.1 Å². The number of methoxy groups -OCH3 is 1. The van der Waals surface area contributed by atoms with Crippen LogP contribution in [-0.4, -0.2) is 32.7 Å². The molecule has 1 aromatic carbocycles. The van der Waals surface area contributed by atoms with Crippen molar-refractivity contribution in [2.45, 2.75) is 32.9 Å². The van der Waals surface area contributed by atoms with E-state index in [0.717, 1.165) is 19.4 Å². The van der Waals surface area contributed by atoms with E-state index >= 15 is 0 Å². The van der Waals surface area contributed by atoms with Crippen LogP contribution >= 0.6 is 0 Å². The second-order valence-corrected chi connectivity index (χ2v) is 5.60. The van der Waals surface area contributed by atoms with Crippen molar-refractivity contribution in [2.75, 3.05) is 20.2 Å². The standard InChI is InChI=1S/C16H22F2N2O3/c1-3-16(6-7-19-10-16)14(21)20-9-11-4-5-12(22-2)8-13(11)23-15(17)18/h4-5,8,15,19H,3,6-7,9-10H2,1-2H3,(H,20,21)/t16-/m0/s1. The molecule has 23 heavy (non-hydrogen) atoms. The van der Waals surface area contributed by atoms with Crippen LogP contribution in [0.25, 0.3) is 0 Å². The van der Waals surface area contributed by atoms with Crippen LogP contribution in [0.2, 0.25) is 0 Å². The van der Waals surface area contributed by atoms with Gasteiger partial charge in [0.2, 0.25) is 5.91 Å². The molecule has 0 saturated carbocycles. The van der Waals surface area contributed by atoms with Crippen molar-refractivity contribution in [3.05, 3.63) is 23.8 Å². The van der Waals surface area contributed by atoms with E-state index in [9.17, 15) is 13.6 Å². The van der Waals surface area contributed by atoms with E-state index in [1.807, 2.05) is 6.92 Å². The van der Waals surface area contributed by atoms with Crippen molar-refractivity contribution in [3.63, 3.8) is 0 Å². The lowest BCUT2D eigenvalue weighted by atomic mass is 9.83. The van der Waals surface area contributed by atoms with Crippen LogP contribution in [0, 0.1) is 5.41 Å². The van der Waals surface area contributed by atoms with Crippen molar-refractivity contribution in [2.24, 2.45) is 5.41 Å². The van der Waals surface area contributed by atoms with Crippen molar-refractivity contribution in [1.82, 2.24) is 10.6 Å². The van der Waals surface area contributed by atoms with Gasteiger partial charge in [0, 0.05) is 24.7 Å². The van der Waals surface area contributed by atoms with Gasteiger partial charge in [0.1, 0.15) is 11.5 Å². The number of alkyl halides is 2. The van der Waals surface area contributed by atoms with E-state index in [1.54, 1.807) is 12.1 Å². The second-order valence-electron chi connectivity index (χ2n) is 5.60. The summed E-state index contributed by atoms with van der Waals surface area (Å²) >= 11 is 0. The number of carbonyl (C=O) groups is 1. The van der Waals surface area contributed by atoms with Crippen LogP contribution in [0.15, 0.2) is 18.2 Å². The van der Waals surface area contributed by atoms with Crippen molar-refractivity contribution in [1.29, 1.82) is 0 Å². The molecule has 5 nitrogen and oxygen atoms in total. The smallest absolute Gasteiger partial charge is 0.387 e. The van der Waals surface area contributed by atoms with E-state index in [4.69, 9.17) is 4.74 Å². The zero-order valence-electron chi connectivity index (χ0n) is 13.3. The first kappa shape index (κ1) is 17.5. The first-order chi connectivity index (χ1) is 11.0. The molecule has 1 heterocycles. The molecule has 1 aromatic rings. The number of ether oxygens (including phenoxy) is 2. The Balaban J connectivity index is 2.08. The summed E-state index contributed by atoms with van der Waals surface area (Å²) in [5, 5.41) is 6.03. The Kier molecular flexibility index (Phi) is 5.76. The number of amides is 1. The fourth-order valence-corrected chi connectivity index (χ4v) is 2.78. The normalized spacial score (nSPS) is 20.6. The van der Waals surface area contributed by atoms with Crippen LogP contribution in [0.3, 0.4) is 0 Å². The molecule has 128 valence electrons. The van der Waals surface area contributed by atoms with E-state index in [0.29, 0.717) is 17.9 Å². The lowest BCUT2D eigenvalue weighted by Crippen LogP contribution is -2.41. The minimum absolute atomic E-state index is 0.00902. The Morgan fingerprint density at radius 3 is 2.83 bits per heavy atom. The Labute approximate surface area is 134 Å². The van der Waals surface area contributed by atoms with Crippen LogP contribution in [0.1, 0.15) is 25.3 Å². The summed E-state index contributed by atoms with van der Waals surface area (Å²) in [4.78, 5) is 12.5. The van der Waals surface area contributed by atoms with Gasteiger partial charge in [-0.2, -0.15) is 8.78 Å². The maximum Gasteiger partial charge on any atom is 0.387 e. The van der Waals surface area contributed by atoms with Gasteiger partial charge in [-0.05, 0) is 31.5 Å². The molecule has 2 rings (SSSR count). The fourth-order valence-electron chi connectivity index (χ4n) is 2.78.